The van der Waals surface area contributed by atoms with E-state index in [9.17, 15) is 9.59 Å². The summed E-state index contributed by atoms with van der Waals surface area (Å²) >= 11 is 0. The van der Waals surface area contributed by atoms with Crippen LogP contribution in [0.1, 0.15) is 28.8 Å². The van der Waals surface area contributed by atoms with Crippen LogP contribution in [0.4, 0.5) is 0 Å². The number of rotatable bonds is 6. The van der Waals surface area contributed by atoms with E-state index in [1.807, 2.05) is 41.3 Å². The zero-order valence-electron chi connectivity index (χ0n) is 16.8. The van der Waals surface area contributed by atoms with E-state index in [0.717, 1.165) is 18.4 Å². The smallest absolute Gasteiger partial charge is 0.251 e. The molecule has 6 nitrogen and oxygen atoms in total. The van der Waals surface area contributed by atoms with Crippen LogP contribution >= 0.6 is 0 Å². The summed E-state index contributed by atoms with van der Waals surface area (Å²) in [6, 6.07) is 14.8. The Balaban J connectivity index is 1.51. The molecule has 1 saturated heterocycles. The van der Waals surface area contributed by atoms with Crippen molar-refractivity contribution in [2.24, 2.45) is 0 Å². The van der Waals surface area contributed by atoms with Gasteiger partial charge in [0.15, 0.2) is 11.5 Å². The molecule has 1 N–H and O–H groups in total. The van der Waals surface area contributed by atoms with Crippen LogP contribution in [0.5, 0.6) is 11.5 Å². The Kier molecular flexibility index (Phi) is 6.89. The number of carbonyl (C=O) groups excluding carboxylic acids is 2. The van der Waals surface area contributed by atoms with E-state index in [-0.39, 0.29) is 17.9 Å². The predicted octanol–water partition coefficient (Wildman–Crippen LogP) is 3.14. The Labute approximate surface area is 171 Å². The van der Waals surface area contributed by atoms with Crippen molar-refractivity contribution in [1.29, 1.82) is 0 Å². The first kappa shape index (κ1) is 20.5. The molecule has 2 aromatic carbocycles. The average molecular weight is 394 g/mol. The fourth-order valence-electron chi connectivity index (χ4n) is 3.33. The quantitative estimate of drug-likeness (QED) is 0.765. The molecular weight excluding hydrogens is 368 g/mol. The molecule has 0 unspecified atom stereocenters. The molecule has 1 aliphatic heterocycles. The minimum atomic E-state index is -0.0660. The highest BCUT2D eigenvalue weighted by atomic mass is 16.5. The van der Waals surface area contributed by atoms with Gasteiger partial charge in [0, 0.05) is 30.8 Å². The number of ether oxygens (including phenoxy) is 2. The van der Waals surface area contributed by atoms with Crippen molar-refractivity contribution in [2.75, 3.05) is 27.3 Å². The Morgan fingerprint density at radius 3 is 2.34 bits per heavy atom. The third-order valence-corrected chi connectivity index (χ3v) is 5.00. The van der Waals surface area contributed by atoms with E-state index in [4.69, 9.17) is 9.47 Å². The van der Waals surface area contributed by atoms with Gasteiger partial charge in [0.25, 0.3) is 5.91 Å². The minimum absolute atomic E-state index is 0.0346. The topological polar surface area (TPSA) is 67.9 Å². The van der Waals surface area contributed by atoms with Crippen molar-refractivity contribution >= 4 is 17.9 Å². The van der Waals surface area contributed by atoms with Gasteiger partial charge < -0.3 is 19.7 Å². The van der Waals surface area contributed by atoms with E-state index in [1.54, 1.807) is 38.5 Å². The molecule has 0 aromatic heterocycles. The zero-order valence-corrected chi connectivity index (χ0v) is 16.8. The Bertz CT molecular complexity index is 872. The molecule has 6 heteroatoms. The number of nitrogens with zero attached hydrogens (tertiary/aromatic N) is 1. The molecule has 3 rings (SSSR count). The highest BCUT2D eigenvalue weighted by Crippen LogP contribution is 2.28. The van der Waals surface area contributed by atoms with Gasteiger partial charge in [-0.1, -0.05) is 24.3 Å². The third kappa shape index (κ3) is 5.38. The van der Waals surface area contributed by atoms with Crippen LogP contribution in [0.15, 0.2) is 54.6 Å². The second kappa shape index (κ2) is 9.78. The number of benzene rings is 2. The first-order valence-corrected chi connectivity index (χ1v) is 9.65. The van der Waals surface area contributed by atoms with Gasteiger partial charge in [-0.05, 0) is 48.7 Å². The molecule has 1 heterocycles. The first-order chi connectivity index (χ1) is 14.1. The number of nitrogens with one attached hydrogen (secondary N) is 1. The van der Waals surface area contributed by atoms with E-state index in [1.165, 1.54) is 0 Å². The summed E-state index contributed by atoms with van der Waals surface area (Å²) in [7, 11) is 3.17. The summed E-state index contributed by atoms with van der Waals surface area (Å²) < 4.78 is 10.5. The number of hydrogen-bond acceptors (Lipinski definition) is 4. The van der Waals surface area contributed by atoms with Gasteiger partial charge in [-0.2, -0.15) is 0 Å². The second-order valence-corrected chi connectivity index (χ2v) is 6.89. The lowest BCUT2D eigenvalue weighted by atomic mass is 10.0. The molecule has 0 atom stereocenters. The maximum Gasteiger partial charge on any atom is 0.251 e. The summed E-state index contributed by atoms with van der Waals surface area (Å²) in [6.45, 7) is 1.24. The second-order valence-electron chi connectivity index (χ2n) is 6.89. The maximum absolute atomic E-state index is 12.5. The molecule has 0 saturated carbocycles. The molecule has 1 fully saturated rings. The van der Waals surface area contributed by atoms with Crippen molar-refractivity contribution < 1.29 is 19.1 Å². The number of piperidine rings is 1. The Morgan fingerprint density at radius 1 is 1.00 bits per heavy atom. The number of carbonyl (C=O) groups is 2. The molecular formula is C23H26N2O4. The van der Waals surface area contributed by atoms with Gasteiger partial charge in [0.2, 0.25) is 5.91 Å². The molecule has 152 valence electrons. The van der Waals surface area contributed by atoms with Crippen LogP contribution < -0.4 is 14.8 Å². The fourth-order valence-corrected chi connectivity index (χ4v) is 3.33. The molecule has 0 aliphatic carbocycles. The molecule has 1 aliphatic rings. The summed E-state index contributed by atoms with van der Waals surface area (Å²) in [5, 5.41) is 3.06. The van der Waals surface area contributed by atoms with E-state index >= 15 is 0 Å². The SMILES string of the molecule is COc1ccc(/C=C/C(=O)N2CCC(NC(=O)c3ccccc3)CC2)cc1OC. The van der Waals surface area contributed by atoms with Crippen LogP contribution in [-0.2, 0) is 4.79 Å². The van der Waals surface area contributed by atoms with Gasteiger partial charge in [-0.25, -0.2) is 0 Å². The van der Waals surface area contributed by atoms with Crippen molar-refractivity contribution in [2.45, 2.75) is 18.9 Å². The summed E-state index contributed by atoms with van der Waals surface area (Å²) in [4.78, 5) is 26.6. The zero-order chi connectivity index (χ0) is 20.6. The van der Waals surface area contributed by atoms with Crippen molar-refractivity contribution in [3.8, 4) is 11.5 Å². The summed E-state index contributed by atoms with van der Waals surface area (Å²) in [5.41, 5.74) is 1.52. The van der Waals surface area contributed by atoms with Gasteiger partial charge in [-0.3, -0.25) is 9.59 Å². The van der Waals surface area contributed by atoms with Crippen molar-refractivity contribution in [1.82, 2.24) is 10.2 Å². The van der Waals surface area contributed by atoms with E-state index in [0.29, 0.717) is 30.2 Å². The van der Waals surface area contributed by atoms with Gasteiger partial charge in [-0.15, -0.1) is 0 Å². The van der Waals surface area contributed by atoms with Crippen LogP contribution in [0.2, 0.25) is 0 Å². The highest BCUT2D eigenvalue weighted by molar-refractivity contribution is 5.94. The molecule has 0 spiro atoms. The summed E-state index contributed by atoms with van der Waals surface area (Å²) in [5.74, 6) is 1.17. The lowest BCUT2D eigenvalue weighted by Gasteiger charge is -2.31. The lowest BCUT2D eigenvalue weighted by Crippen LogP contribution is -2.46. The number of hydrogen-bond donors (Lipinski definition) is 1. The average Bonchev–Trinajstić information content (AvgIpc) is 2.78. The molecule has 0 radical (unpaired) electrons. The van der Waals surface area contributed by atoms with Gasteiger partial charge in [0.05, 0.1) is 14.2 Å². The maximum atomic E-state index is 12.5. The van der Waals surface area contributed by atoms with Gasteiger partial charge >= 0.3 is 0 Å². The Morgan fingerprint density at radius 2 is 1.69 bits per heavy atom. The molecule has 0 bridgehead atoms. The van der Waals surface area contributed by atoms with E-state index in [2.05, 4.69) is 5.32 Å². The van der Waals surface area contributed by atoms with Crippen LogP contribution in [-0.4, -0.2) is 50.1 Å². The lowest BCUT2D eigenvalue weighted by molar-refractivity contribution is -0.126. The fraction of sp³-hybridized carbons (Fsp3) is 0.304. The van der Waals surface area contributed by atoms with E-state index < -0.39 is 0 Å². The standard InChI is InChI=1S/C23H26N2O4/c1-28-20-10-8-17(16-21(20)29-2)9-11-22(26)25-14-12-19(13-15-25)24-23(27)18-6-4-3-5-7-18/h3-11,16,19H,12-15H2,1-2H3,(H,24,27)/b11-9+. The van der Waals surface area contributed by atoms with Crippen molar-refractivity contribution in [3.63, 3.8) is 0 Å². The third-order valence-electron chi connectivity index (χ3n) is 5.00. The minimum Gasteiger partial charge on any atom is -0.493 e. The number of amides is 2. The first-order valence-electron chi connectivity index (χ1n) is 9.65. The van der Waals surface area contributed by atoms with Crippen LogP contribution in [0, 0.1) is 0 Å². The normalized spacial score (nSPS) is 14.6. The highest BCUT2D eigenvalue weighted by Gasteiger charge is 2.23. The van der Waals surface area contributed by atoms with Gasteiger partial charge in [0.1, 0.15) is 0 Å². The summed E-state index contributed by atoms with van der Waals surface area (Å²) in [6.07, 6.45) is 4.83. The monoisotopic (exact) mass is 394 g/mol. The predicted molar refractivity (Wildman–Crippen MR) is 112 cm³/mol. The molecule has 2 aromatic rings. The molecule has 29 heavy (non-hydrogen) atoms. The number of methoxy groups -OCH3 is 2. The van der Waals surface area contributed by atoms with Crippen LogP contribution in [0.3, 0.4) is 0 Å². The Hall–Kier alpha value is -3.28. The van der Waals surface area contributed by atoms with Crippen molar-refractivity contribution in [3.05, 3.63) is 65.7 Å². The molecule has 2 amide bonds. The van der Waals surface area contributed by atoms with Crippen LogP contribution in [0.25, 0.3) is 6.08 Å². The largest absolute Gasteiger partial charge is 0.493 e. The number of likely N-dealkylation sites (tertiary alicyclic amines) is 1.